The Morgan fingerprint density at radius 3 is 1.79 bits per heavy atom. The van der Waals surface area contributed by atoms with Crippen molar-refractivity contribution in [3.05, 3.63) is 72.3 Å². The fourth-order valence-electron chi connectivity index (χ4n) is 3.96. The van der Waals surface area contributed by atoms with Gasteiger partial charge in [0.25, 0.3) is 0 Å². The molecule has 0 aliphatic heterocycles. The van der Waals surface area contributed by atoms with Gasteiger partial charge in [-0.2, -0.15) is 0 Å². The number of hydrogen-bond donors (Lipinski definition) is 2. The van der Waals surface area contributed by atoms with E-state index >= 15 is 0 Å². The lowest BCUT2D eigenvalue weighted by atomic mass is 9.70. The monoisotopic (exact) mass is 368 g/mol. The van der Waals surface area contributed by atoms with Crippen LogP contribution in [0.5, 0.6) is 11.5 Å². The van der Waals surface area contributed by atoms with Gasteiger partial charge in [0, 0.05) is 23.5 Å². The highest BCUT2D eigenvalue weighted by Gasteiger charge is 2.19. The van der Waals surface area contributed by atoms with Crippen molar-refractivity contribution in [1.29, 1.82) is 0 Å². The molecule has 0 bridgehead atoms. The van der Waals surface area contributed by atoms with E-state index in [9.17, 15) is 0 Å². The second kappa shape index (κ2) is 8.01. The normalized spacial score (nSPS) is 19.3. The SMILES string of the molecule is [B]C1CCC(c2ccc(-c3ccc(Oc4cc(N)cc(N)c4)cc3)cc2)CC1. The first-order valence-electron chi connectivity index (χ1n) is 9.87. The largest absolute Gasteiger partial charge is 0.457 e. The van der Waals surface area contributed by atoms with Gasteiger partial charge in [-0.25, -0.2) is 0 Å². The maximum Gasteiger partial charge on any atom is 0.131 e. The lowest BCUT2D eigenvalue weighted by Crippen LogP contribution is -2.09. The number of nitrogens with two attached hydrogens (primary N) is 2. The summed E-state index contributed by atoms with van der Waals surface area (Å²) in [4.78, 5) is 0. The number of ether oxygens (including phenoxy) is 1. The fourth-order valence-corrected chi connectivity index (χ4v) is 3.96. The Balaban J connectivity index is 1.45. The predicted molar refractivity (Wildman–Crippen MR) is 118 cm³/mol. The zero-order chi connectivity index (χ0) is 19.5. The third-order valence-electron chi connectivity index (χ3n) is 5.53. The smallest absolute Gasteiger partial charge is 0.131 e. The Bertz CT molecular complexity index is 910. The molecule has 0 aromatic heterocycles. The highest BCUT2D eigenvalue weighted by Crippen LogP contribution is 2.37. The van der Waals surface area contributed by atoms with E-state index in [2.05, 4.69) is 36.4 Å². The predicted octanol–water partition coefficient (Wildman–Crippen LogP) is 5.92. The average Bonchev–Trinajstić information content (AvgIpc) is 2.69. The van der Waals surface area contributed by atoms with E-state index in [0.29, 0.717) is 28.9 Å². The van der Waals surface area contributed by atoms with Crippen LogP contribution in [0.2, 0.25) is 5.82 Å². The number of nitrogen functional groups attached to an aromatic ring is 2. The standard InChI is InChI=1S/C24H25BN2O/c25-20-9-5-18(6-10-20)16-1-3-17(4-2-16)19-7-11-23(12-8-19)28-24-14-21(26)13-22(27)15-24/h1-4,7-8,11-15,18,20H,5-6,9-10,26-27H2. The molecule has 4 rings (SSSR count). The molecule has 2 radical (unpaired) electrons. The minimum Gasteiger partial charge on any atom is -0.457 e. The molecular formula is C24H25BN2O. The molecule has 0 saturated heterocycles. The van der Waals surface area contributed by atoms with Gasteiger partial charge in [-0.05, 0) is 53.6 Å². The number of hydrogen-bond acceptors (Lipinski definition) is 3. The minimum atomic E-state index is 0.389. The van der Waals surface area contributed by atoms with E-state index in [1.165, 1.54) is 24.0 Å². The maximum atomic E-state index is 6.03. The summed E-state index contributed by atoms with van der Waals surface area (Å²) in [5, 5.41) is 0. The van der Waals surface area contributed by atoms with Gasteiger partial charge in [0.15, 0.2) is 0 Å². The van der Waals surface area contributed by atoms with Gasteiger partial charge in [0.05, 0.1) is 7.85 Å². The van der Waals surface area contributed by atoms with E-state index in [1.807, 2.05) is 12.1 Å². The lowest BCUT2D eigenvalue weighted by molar-refractivity contribution is 0.444. The third-order valence-corrected chi connectivity index (χ3v) is 5.53. The van der Waals surface area contributed by atoms with Crippen molar-refractivity contribution in [3.63, 3.8) is 0 Å². The van der Waals surface area contributed by atoms with E-state index in [4.69, 9.17) is 24.1 Å². The Morgan fingerprint density at radius 2 is 1.21 bits per heavy atom. The van der Waals surface area contributed by atoms with Gasteiger partial charge in [0.1, 0.15) is 11.5 Å². The van der Waals surface area contributed by atoms with Crippen LogP contribution in [0.15, 0.2) is 66.7 Å². The van der Waals surface area contributed by atoms with Crippen molar-refractivity contribution in [2.75, 3.05) is 11.5 Å². The topological polar surface area (TPSA) is 61.3 Å². The summed E-state index contributed by atoms with van der Waals surface area (Å²) in [7, 11) is 6.03. The molecule has 1 aliphatic carbocycles. The zero-order valence-corrected chi connectivity index (χ0v) is 16.0. The maximum absolute atomic E-state index is 6.03. The van der Waals surface area contributed by atoms with Gasteiger partial charge in [0.2, 0.25) is 0 Å². The van der Waals surface area contributed by atoms with E-state index < -0.39 is 0 Å². The number of benzene rings is 3. The van der Waals surface area contributed by atoms with Gasteiger partial charge >= 0.3 is 0 Å². The third kappa shape index (κ3) is 4.33. The first-order valence-corrected chi connectivity index (χ1v) is 9.87. The van der Waals surface area contributed by atoms with Crippen LogP contribution in [0.25, 0.3) is 11.1 Å². The number of rotatable bonds is 4. The van der Waals surface area contributed by atoms with Crippen LogP contribution >= 0.6 is 0 Å². The van der Waals surface area contributed by atoms with Crippen LogP contribution in [0.1, 0.15) is 37.2 Å². The second-order valence-electron chi connectivity index (χ2n) is 7.70. The Labute approximate surface area is 168 Å². The first kappa shape index (κ1) is 18.5. The van der Waals surface area contributed by atoms with Crippen LogP contribution < -0.4 is 16.2 Å². The van der Waals surface area contributed by atoms with Crippen molar-refractivity contribution in [3.8, 4) is 22.6 Å². The average molecular weight is 368 g/mol. The van der Waals surface area contributed by atoms with Gasteiger partial charge in [-0.15, -0.1) is 0 Å². The zero-order valence-electron chi connectivity index (χ0n) is 16.0. The van der Waals surface area contributed by atoms with Crippen molar-refractivity contribution >= 4 is 19.2 Å². The summed E-state index contributed by atoms with van der Waals surface area (Å²) in [5.74, 6) is 2.43. The van der Waals surface area contributed by atoms with Gasteiger partial charge in [-0.3, -0.25) is 0 Å². The molecule has 3 aromatic rings. The van der Waals surface area contributed by atoms with Crippen molar-refractivity contribution in [2.45, 2.75) is 37.4 Å². The fraction of sp³-hybridized carbons (Fsp3) is 0.250. The number of anilines is 2. The van der Waals surface area contributed by atoms with Crippen LogP contribution in [-0.2, 0) is 0 Å². The summed E-state index contributed by atoms with van der Waals surface area (Å²) < 4.78 is 5.87. The molecule has 1 aliphatic rings. The van der Waals surface area contributed by atoms with Crippen molar-refractivity contribution < 1.29 is 4.74 Å². The van der Waals surface area contributed by atoms with Crippen molar-refractivity contribution in [2.24, 2.45) is 0 Å². The Morgan fingerprint density at radius 1 is 0.679 bits per heavy atom. The molecule has 0 atom stereocenters. The molecule has 28 heavy (non-hydrogen) atoms. The summed E-state index contributed by atoms with van der Waals surface area (Å²) in [6.45, 7) is 0. The molecule has 3 nitrogen and oxygen atoms in total. The molecule has 1 saturated carbocycles. The van der Waals surface area contributed by atoms with Crippen LogP contribution in [0, 0.1) is 0 Å². The molecule has 0 heterocycles. The first-order chi connectivity index (χ1) is 13.6. The van der Waals surface area contributed by atoms with Crippen molar-refractivity contribution in [1.82, 2.24) is 0 Å². The Kier molecular flexibility index (Phi) is 5.29. The molecule has 4 N–H and O–H groups in total. The minimum absolute atomic E-state index is 0.389. The Hall–Kier alpha value is -2.88. The highest BCUT2D eigenvalue weighted by molar-refractivity contribution is 6.11. The molecule has 140 valence electrons. The van der Waals surface area contributed by atoms with E-state index in [0.717, 1.165) is 24.2 Å². The van der Waals surface area contributed by atoms with Crippen LogP contribution in [0.4, 0.5) is 11.4 Å². The molecular weight excluding hydrogens is 343 g/mol. The van der Waals surface area contributed by atoms with Crippen LogP contribution in [-0.4, -0.2) is 7.85 Å². The highest BCUT2D eigenvalue weighted by atomic mass is 16.5. The second-order valence-corrected chi connectivity index (χ2v) is 7.70. The molecule has 4 heteroatoms. The summed E-state index contributed by atoms with van der Waals surface area (Å²) >= 11 is 0. The molecule has 0 unspecified atom stereocenters. The summed E-state index contributed by atoms with van der Waals surface area (Å²) in [6.07, 6.45) is 4.65. The molecule has 0 spiro atoms. The molecule has 0 amide bonds. The molecule has 1 fully saturated rings. The molecule has 3 aromatic carbocycles. The van der Waals surface area contributed by atoms with Gasteiger partial charge < -0.3 is 16.2 Å². The van der Waals surface area contributed by atoms with Gasteiger partial charge in [-0.1, -0.05) is 55.1 Å². The quantitative estimate of drug-likeness (QED) is 0.444. The summed E-state index contributed by atoms with van der Waals surface area (Å²) in [6, 6.07) is 22.2. The van der Waals surface area contributed by atoms with E-state index in [1.54, 1.807) is 18.2 Å². The van der Waals surface area contributed by atoms with E-state index in [-0.39, 0.29) is 0 Å². The van der Waals surface area contributed by atoms with Crippen LogP contribution in [0.3, 0.4) is 0 Å². The summed E-state index contributed by atoms with van der Waals surface area (Å²) in [5.41, 5.74) is 16.6. The lowest BCUT2D eigenvalue weighted by Gasteiger charge is -2.26.